The van der Waals surface area contributed by atoms with Crippen LogP contribution in [0.15, 0.2) is 66.9 Å². The molecule has 4 amide bonds. The number of aryl methyl sites for hydroxylation is 1. The van der Waals surface area contributed by atoms with E-state index in [9.17, 15) is 19.2 Å². The first-order valence-corrected chi connectivity index (χ1v) is 17.9. The molecule has 0 spiro atoms. The predicted molar refractivity (Wildman–Crippen MR) is 190 cm³/mol. The highest BCUT2D eigenvalue weighted by atomic mass is 16.2. The molecule has 0 radical (unpaired) electrons. The Labute approximate surface area is 289 Å². The second-order valence-corrected chi connectivity index (χ2v) is 13.2. The molecule has 2 heterocycles. The summed E-state index contributed by atoms with van der Waals surface area (Å²) in [6, 6.07) is 18.0. The van der Waals surface area contributed by atoms with Gasteiger partial charge in [0, 0.05) is 64.0 Å². The molecule has 11 nitrogen and oxygen atoms in total. The number of anilines is 1. The van der Waals surface area contributed by atoms with E-state index in [0.717, 1.165) is 63.7 Å². The Morgan fingerprint density at radius 2 is 1.51 bits per heavy atom. The molecular weight excluding hydrogens is 618 g/mol. The van der Waals surface area contributed by atoms with Gasteiger partial charge < -0.3 is 20.9 Å². The van der Waals surface area contributed by atoms with Gasteiger partial charge in [-0.1, -0.05) is 75.1 Å². The number of aromatic nitrogens is 2. The third-order valence-electron chi connectivity index (χ3n) is 9.74. The van der Waals surface area contributed by atoms with Crippen LogP contribution in [-0.4, -0.2) is 81.5 Å². The van der Waals surface area contributed by atoms with Crippen molar-refractivity contribution in [1.29, 1.82) is 0 Å². The Morgan fingerprint density at radius 3 is 2.16 bits per heavy atom. The van der Waals surface area contributed by atoms with E-state index in [-0.39, 0.29) is 29.5 Å². The lowest BCUT2D eigenvalue weighted by molar-refractivity contribution is -0.138. The molecule has 2 aliphatic rings. The maximum Gasteiger partial charge on any atom is 0.270 e. The van der Waals surface area contributed by atoms with Gasteiger partial charge >= 0.3 is 0 Å². The minimum atomic E-state index is -0.681. The monoisotopic (exact) mass is 669 g/mol. The summed E-state index contributed by atoms with van der Waals surface area (Å²) in [5.41, 5.74) is 3.17. The predicted octanol–water partition coefficient (Wildman–Crippen LogP) is 4.39. The lowest BCUT2D eigenvalue weighted by Gasteiger charge is -2.36. The van der Waals surface area contributed by atoms with Gasteiger partial charge in [-0.2, -0.15) is 5.10 Å². The van der Waals surface area contributed by atoms with E-state index in [2.05, 4.69) is 38.1 Å². The van der Waals surface area contributed by atoms with Crippen LogP contribution in [0.4, 0.5) is 5.69 Å². The van der Waals surface area contributed by atoms with Gasteiger partial charge in [-0.25, -0.2) is 0 Å². The maximum atomic E-state index is 13.7. The molecule has 2 atom stereocenters. The summed E-state index contributed by atoms with van der Waals surface area (Å²) in [6.45, 7) is 7.86. The molecule has 11 heteroatoms. The number of amides is 4. The largest absolute Gasteiger partial charge is 0.344 e. The third-order valence-corrected chi connectivity index (χ3v) is 9.74. The van der Waals surface area contributed by atoms with E-state index in [1.807, 2.05) is 54.3 Å². The number of benzene rings is 2. The van der Waals surface area contributed by atoms with E-state index >= 15 is 0 Å². The second kappa shape index (κ2) is 17.8. The molecular formula is C38H51N7O4. The van der Waals surface area contributed by atoms with Crippen LogP contribution in [0, 0.1) is 5.92 Å². The molecule has 3 N–H and O–H groups in total. The van der Waals surface area contributed by atoms with Crippen LogP contribution in [-0.2, 0) is 33.9 Å². The molecule has 3 aromatic rings. The third kappa shape index (κ3) is 10.0. The van der Waals surface area contributed by atoms with E-state index in [0.29, 0.717) is 43.9 Å². The summed E-state index contributed by atoms with van der Waals surface area (Å²) in [4.78, 5) is 57.4. The summed E-state index contributed by atoms with van der Waals surface area (Å²) in [5.74, 6) is -0.756. The number of hydrogen-bond acceptors (Lipinski definition) is 6. The van der Waals surface area contributed by atoms with E-state index < -0.39 is 12.1 Å². The Kier molecular flexibility index (Phi) is 13.0. The van der Waals surface area contributed by atoms with Crippen LogP contribution < -0.4 is 16.0 Å². The number of nitrogens with one attached hydrogen (secondary N) is 3. The van der Waals surface area contributed by atoms with Crippen molar-refractivity contribution >= 4 is 29.3 Å². The van der Waals surface area contributed by atoms with Crippen molar-refractivity contribution < 1.29 is 19.2 Å². The van der Waals surface area contributed by atoms with Crippen molar-refractivity contribution in [2.75, 3.05) is 31.5 Å². The average Bonchev–Trinajstić information content (AvgIpc) is 3.46. The van der Waals surface area contributed by atoms with Crippen molar-refractivity contribution in [3.05, 3.63) is 83.7 Å². The van der Waals surface area contributed by atoms with Gasteiger partial charge in [0.25, 0.3) is 5.91 Å². The molecule has 2 aromatic carbocycles. The molecule has 2 unspecified atom stereocenters. The van der Waals surface area contributed by atoms with Gasteiger partial charge in [-0.3, -0.25) is 28.8 Å². The highest BCUT2D eigenvalue weighted by molar-refractivity contribution is 6.00. The van der Waals surface area contributed by atoms with Crippen molar-refractivity contribution in [2.24, 2.45) is 5.92 Å². The van der Waals surface area contributed by atoms with Crippen LogP contribution in [0.1, 0.15) is 80.4 Å². The molecule has 262 valence electrons. The first-order valence-electron chi connectivity index (χ1n) is 17.9. The van der Waals surface area contributed by atoms with E-state index in [1.54, 1.807) is 23.9 Å². The second-order valence-electron chi connectivity index (χ2n) is 13.2. The molecule has 0 bridgehead atoms. The van der Waals surface area contributed by atoms with Crippen molar-refractivity contribution in [2.45, 2.75) is 90.4 Å². The Morgan fingerprint density at radius 1 is 0.816 bits per heavy atom. The summed E-state index contributed by atoms with van der Waals surface area (Å²) in [6.07, 6.45) is 8.32. The maximum absolute atomic E-state index is 13.7. The zero-order valence-electron chi connectivity index (χ0n) is 28.9. The highest BCUT2D eigenvalue weighted by Gasteiger charge is 2.32. The summed E-state index contributed by atoms with van der Waals surface area (Å²) < 4.78 is 1.63. The van der Waals surface area contributed by atoms with E-state index in [1.165, 1.54) is 5.56 Å². The first kappa shape index (κ1) is 35.8. The number of carbonyl (C=O) groups excluding carboxylic acids is 4. The molecule has 1 saturated carbocycles. The number of piperazine rings is 1. The van der Waals surface area contributed by atoms with Gasteiger partial charge in [-0.15, -0.1) is 0 Å². The van der Waals surface area contributed by atoms with Crippen molar-refractivity contribution in [3.8, 4) is 0 Å². The van der Waals surface area contributed by atoms with Gasteiger partial charge in [0.05, 0.1) is 0 Å². The molecule has 2 fully saturated rings. The zero-order chi connectivity index (χ0) is 34.6. The van der Waals surface area contributed by atoms with Gasteiger partial charge in [0.1, 0.15) is 17.8 Å². The molecule has 49 heavy (non-hydrogen) atoms. The Bertz CT molecular complexity index is 1520. The van der Waals surface area contributed by atoms with Crippen molar-refractivity contribution in [3.63, 3.8) is 0 Å². The van der Waals surface area contributed by atoms with Crippen molar-refractivity contribution in [1.82, 2.24) is 30.2 Å². The topological polar surface area (TPSA) is 129 Å². The molecule has 5 rings (SSSR count). The fourth-order valence-corrected chi connectivity index (χ4v) is 6.90. The normalized spacial score (nSPS) is 17.1. The number of hydrogen-bond donors (Lipinski definition) is 3. The smallest absolute Gasteiger partial charge is 0.270 e. The van der Waals surface area contributed by atoms with Crippen LogP contribution >= 0.6 is 0 Å². The van der Waals surface area contributed by atoms with Gasteiger partial charge in [0.15, 0.2) is 0 Å². The summed E-state index contributed by atoms with van der Waals surface area (Å²) >= 11 is 0. The minimum Gasteiger partial charge on any atom is -0.344 e. The number of carbonyl (C=O) groups is 4. The van der Waals surface area contributed by atoms with Crippen LogP contribution in [0.5, 0.6) is 0 Å². The average molecular weight is 670 g/mol. The minimum absolute atomic E-state index is 0.0397. The number of rotatable bonds is 13. The first-order chi connectivity index (χ1) is 23.8. The number of nitrogens with zero attached hydrogens (tertiary/aromatic N) is 4. The fourth-order valence-electron chi connectivity index (χ4n) is 6.90. The van der Waals surface area contributed by atoms with E-state index in [4.69, 9.17) is 0 Å². The summed E-state index contributed by atoms with van der Waals surface area (Å²) in [5, 5.41) is 13.2. The zero-order valence-corrected chi connectivity index (χ0v) is 28.9. The van der Waals surface area contributed by atoms with Gasteiger partial charge in [-0.05, 0) is 55.0 Å². The lowest BCUT2D eigenvalue weighted by Crippen LogP contribution is -2.55. The van der Waals surface area contributed by atoms with Crippen LogP contribution in [0.25, 0.3) is 0 Å². The summed E-state index contributed by atoms with van der Waals surface area (Å²) in [7, 11) is 0. The lowest BCUT2D eigenvalue weighted by atomic mass is 9.91. The Hall–Kier alpha value is -4.51. The SMILES string of the molecule is CCC(=O)NC(Cc1ccc(NC(=O)C(NC(=O)c2ccnn2CC)C2CCCCCC2)cc1)C(=O)N1CCN(Cc2ccccc2)CC1. The standard InChI is InChI=1S/C38H51N7O4/c1-3-34(46)41-32(38(49)44-24-22-43(23-25-44)27-29-12-8-7-9-13-29)26-28-16-18-31(19-17-28)40-37(48)35(30-14-10-5-6-11-15-30)42-36(47)33-20-21-39-45(33)4-2/h7-9,12-13,16-21,30,32,35H,3-6,10-11,14-15,22-27H2,1-2H3,(H,40,48)(H,41,46)(H,42,47). The fraction of sp³-hybridized carbons (Fsp3) is 0.500. The van der Waals surface area contributed by atoms with Crippen LogP contribution in [0.2, 0.25) is 0 Å². The molecule has 1 aliphatic heterocycles. The highest BCUT2D eigenvalue weighted by Crippen LogP contribution is 2.27. The van der Waals surface area contributed by atoms with Crippen LogP contribution in [0.3, 0.4) is 0 Å². The molecule has 1 aliphatic carbocycles. The Balaban J connectivity index is 1.21. The molecule has 1 saturated heterocycles. The van der Waals surface area contributed by atoms with Gasteiger partial charge in [0.2, 0.25) is 17.7 Å². The molecule has 1 aromatic heterocycles. The quantitative estimate of drug-likeness (QED) is 0.232.